The Morgan fingerprint density at radius 3 is 2.86 bits per heavy atom. The number of carbonyl (C=O) groups excluding carboxylic acids is 1. The Bertz CT molecular complexity index is 1160. The molecule has 8 heteroatoms. The number of amides is 1. The fourth-order valence-corrected chi connectivity index (χ4v) is 3.68. The lowest BCUT2D eigenvalue weighted by Crippen LogP contribution is -2.14. The molecule has 0 aliphatic heterocycles. The summed E-state index contributed by atoms with van der Waals surface area (Å²) in [6.45, 7) is 2.94. The van der Waals surface area contributed by atoms with Crippen molar-refractivity contribution in [1.29, 1.82) is 0 Å². The van der Waals surface area contributed by atoms with Gasteiger partial charge in [-0.25, -0.2) is 9.37 Å². The van der Waals surface area contributed by atoms with Crippen molar-refractivity contribution < 1.29 is 9.18 Å². The SMILES string of the molecule is CCCn1c2ccccc2c2nnc(SCC(=O)Nc3cccc(F)c3)nc21. The van der Waals surface area contributed by atoms with Crippen molar-refractivity contribution in [3.8, 4) is 0 Å². The Balaban J connectivity index is 1.55. The lowest BCUT2D eigenvalue weighted by Gasteiger charge is -2.06. The first-order chi connectivity index (χ1) is 13.7. The van der Waals surface area contributed by atoms with E-state index in [2.05, 4.69) is 32.0 Å². The normalized spacial score (nSPS) is 11.2. The number of halogens is 1. The third-order valence-corrected chi connectivity index (χ3v) is 5.08. The van der Waals surface area contributed by atoms with Crippen molar-refractivity contribution in [1.82, 2.24) is 19.7 Å². The van der Waals surface area contributed by atoms with E-state index in [0.717, 1.165) is 35.0 Å². The molecule has 0 radical (unpaired) electrons. The highest BCUT2D eigenvalue weighted by Gasteiger charge is 2.15. The van der Waals surface area contributed by atoms with Gasteiger partial charge in [0.15, 0.2) is 5.65 Å². The lowest BCUT2D eigenvalue weighted by molar-refractivity contribution is -0.113. The topological polar surface area (TPSA) is 72.7 Å². The highest BCUT2D eigenvalue weighted by Crippen LogP contribution is 2.27. The summed E-state index contributed by atoms with van der Waals surface area (Å²) in [6, 6.07) is 13.8. The Labute approximate surface area is 165 Å². The molecule has 1 N–H and O–H groups in total. The van der Waals surface area contributed by atoms with Gasteiger partial charge in [-0.15, -0.1) is 10.2 Å². The average molecular weight is 395 g/mol. The second kappa shape index (κ2) is 7.93. The van der Waals surface area contributed by atoms with E-state index in [4.69, 9.17) is 0 Å². The van der Waals surface area contributed by atoms with Gasteiger partial charge in [-0.05, 0) is 30.7 Å². The van der Waals surface area contributed by atoms with Crippen molar-refractivity contribution in [3.05, 3.63) is 54.3 Å². The Hall–Kier alpha value is -3.00. The second-order valence-corrected chi connectivity index (χ2v) is 7.23. The molecule has 0 saturated heterocycles. The molecular formula is C20H18FN5OS. The molecule has 2 heterocycles. The summed E-state index contributed by atoms with van der Waals surface area (Å²) in [5.41, 5.74) is 3.03. The van der Waals surface area contributed by atoms with Gasteiger partial charge >= 0.3 is 0 Å². The van der Waals surface area contributed by atoms with E-state index in [1.807, 2.05) is 24.3 Å². The van der Waals surface area contributed by atoms with Gasteiger partial charge in [0.1, 0.15) is 11.3 Å². The first-order valence-electron chi connectivity index (χ1n) is 8.95. The third-order valence-electron chi connectivity index (χ3n) is 4.24. The number of benzene rings is 2. The molecule has 0 spiro atoms. The van der Waals surface area contributed by atoms with E-state index in [0.29, 0.717) is 10.8 Å². The molecule has 4 rings (SSSR count). The molecule has 0 bridgehead atoms. The number of nitrogens with zero attached hydrogens (tertiary/aromatic N) is 4. The van der Waals surface area contributed by atoms with E-state index >= 15 is 0 Å². The van der Waals surface area contributed by atoms with Crippen molar-refractivity contribution in [2.75, 3.05) is 11.1 Å². The first-order valence-corrected chi connectivity index (χ1v) is 9.94. The van der Waals surface area contributed by atoms with Crippen LogP contribution in [0.2, 0.25) is 0 Å². The summed E-state index contributed by atoms with van der Waals surface area (Å²) >= 11 is 1.20. The van der Waals surface area contributed by atoms with Crippen LogP contribution in [0.3, 0.4) is 0 Å². The Morgan fingerprint density at radius 1 is 1.18 bits per heavy atom. The van der Waals surface area contributed by atoms with Crippen LogP contribution in [0.4, 0.5) is 10.1 Å². The van der Waals surface area contributed by atoms with Crippen LogP contribution in [-0.4, -0.2) is 31.4 Å². The second-order valence-electron chi connectivity index (χ2n) is 6.28. The molecule has 2 aromatic heterocycles. The summed E-state index contributed by atoms with van der Waals surface area (Å²) in [7, 11) is 0. The van der Waals surface area contributed by atoms with Crippen molar-refractivity contribution in [3.63, 3.8) is 0 Å². The van der Waals surface area contributed by atoms with E-state index in [-0.39, 0.29) is 11.7 Å². The minimum atomic E-state index is -0.396. The summed E-state index contributed by atoms with van der Waals surface area (Å²) < 4.78 is 15.4. The van der Waals surface area contributed by atoms with Gasteiger partial charge in [0.25, 0.3) is 0 Å². The largest absolute Gasteiger partial charge is 0.325 e. The third kappa shape index (κ3) is 3.68. The van der Waals surface area contributed by atoms with E-state index in [9.17, 15) is 9.18 Å². The van der Waals surface area contributed by atoms with E-state index in [1.54, 1.807) is 12.1 Å². The van der Waals surface area contributed by atoms with Gasteiger partial charge in [0.05, 0.1) is 11.3 Å². The lowest BCUT2D eigenvalue weighted by atomic mass is 10.2. The summed E-state index contributed by atoms with van der Waals surface area (Å²) in [5.74, 6) is -0.543. The van der Waals surface area contributed by atoms with Crippen LogP contribution in [0.15, 0.2) is 53.7 Å². The minimum absolute atomic E-state index is 0.109. The number of para-hydroxylation sites is 1. The fraction of sp³-hybridized carbons (Fsp3) is 0.200. The number of aromatic nitrogens is 4. The smallest absolute Gasteiger partial charge is 0.234 e. The zero-order chi connectivity index (χ0) is 19.5. The molecule has 0 unspecified atom stereocenters. The van der Waals surface area contributed by atoms with Gasteiger partial charge in [-0.2, -0.15) is 0 Å². The van der Waals surface area contributed by atoms with Crippen LogP contribution in [0.25, 0.3) is 22.1 Å². The van der Waals surface area contributed by atoms with E-state index < -0.39 is 5.82 Å². The molecular weight excluding hydrogens is 377 g/mol. The van der Waals surface area contributed by atoms with Crippen LogP contribution in [-0.2, 0) is 11.3 Å². The predicted octanol–water partition coefficient (Wildman–Crippen LogP) is 4.26. The quantitative estimate of drug-likeness (QED) is 0.494. The number of aryl methyl sites for hydroxylation is 1. The first kappa shape index (κ1) is 18.4. The Kier molecular flexibility index (Phi) is 5.21. The van der Waals surface area contributed by atoms with Crippen molar-refractivity contribution >= 4 is 45.4 Å². The van der Waals surface area contributed by atoms with Gasteiger partial charge in [-0.3, -0.25) is 4.79 Å². The van der Waals surface area contributed by atoms with Crippen LogP contribution in [0, 0.1) is 5.82 Å². The number of rotatable bonds is 6. The van der Waals surface area contributed by atoms with Crippen LogP contribution in [0.5, 0.6) is 0 Å². The minimum Gasteiger partial charge on any atom is -0.325 e. The van der Waals surface area contributed by atoms with Gasteiger partial charge in [-0.1, -0.05) is 43.0 Å². The van der Waals surface area contributed by atoms with Gasteiger partial charge in [0, 0.05) is 17.6 Å². The molecule has 6 nitrogen and oxygen atoms in total. The van der Waals surface area contributed by atoms with Crippen molar-refractivity contribution in [2.24, 2.45) is 0 Å². The number of nitrogens with one attached hydrogen (secondary N) is 1. The molecule has 0 aliphatic carbocycles. The molecule has 1 amide bonds. The molecule has 28 heavy (non-hydrogen) atoms. The van der Waals surface area contributed by atoms with Crippen molar-refractivity contribution in [2.45, 2.75) is 25.0 Å². The maximum absolute atomic E-state index is 13.2. The number of fused-ring (bicyclic) bond motifs is 3. The number of hydrogen-bond donors (Lipinski definition) is 1. The maximum atomic E-state index is 13.2. The molecule has 2 aromatic carbocycles. The molecule has 0 atom stereocenters. The molecule has 0 fully saturated rings. The molecule has 0 aliphatic rings. The van der Waals surface area contributed by atoms with Gasteiger partial charge in [0.2, 0.25) is 11.1 Å². The van der Waals surface area contributed by atoms with Crippen LogP contribution in [0.1, 0.15) is 13.3 Å². The molecule has 142 valence electrons. The number of thioether (sulfide) groups is 1. The highest BCUT2D eigenvalue weighted by molar-refractivity contribution is 7.99. The number of anilines is 1. The summed E-state index contributed by atoms with van der Waals surface area (Å²) in [4.78, 5) is 16.8. The van der Waals surface area contributed by atoms with Gasteiger partial charge < -0.3 is 9.88 Å². The fourth-order valence-electron chi connectivity index (χ4n) is 3.09. The van der Waals surface area contributed by atoms with E-state index in [1.165, 1.54) is 23.9 Å². The van der Waals surface area contributed by atoms with Crippen LogP contribution >= 0.6 is 11.8 Å². The average Bonchev–Trinajstić information content (AvgIpc) is 3.00. The molecule has 4 aromatic rings. The monoisotopic (exact) mass is 395 g/mol. The Morgan fingerprint density at radius 2 is 2.04 bits per heavy atom. The zero-order valence-electron chi connectivity index (χ0n) is 15.2. The predicted molar refractivity (Wildman–Crippen MR) is 109 cm³/mol. The van der Waals surface area contributed by atoms with Crippen LogP contribution < -0.4 is 5.32 Å². The molecule has 0 saturated carbocycles. The maximum Gasteiger partial charge on any atom is 0.234 e. The summed E-state index contributed by atoms with van der Waals surface area (Å²) in [6.07, 6.45) is 0.969. The summed E-state index contributed by atoms with van der Waals surface area (Å²) in [5, 5.41) is 12.6. The number of hydrogen-bond acceptors (Lipinski definition) is 5. The standard InChI is InChI=1S/C20H18FN5OS/c1-2-10-26-16-9-4-3-8-15(16)18-19(26)23-20(25-24-18)28-12-17(27)22-14-7-5-6-13(21)11-14/h3-9,11H,2,10,12H2,1H3,(H,22,27). The number of carbonyl (C=O) groups is 1. The highest BCUT2D eigenvalue weighted by atomic mass is 32.2. The zero-order valence-corrected chi connectivity index (χ0v) is 16.0.